The van der Waals surface area contributed by atoms with Gasteiger partial charge in [-0.05, 0) is 37.5 Å². The van der Waals surface area contributed by atoms with Crippen molar-refractivity contribution in [3.63, 3.8) is 0 Å². The molecular formula is C13H13N3. The van der Waals surface area contributed by atoms with Crippen LogP contribution in [0.25, 0.3) is 11.0 Å². The number of hydrogen-bond acceptors (Lipinski definition) is 2. The molecule has 3 nitrogen and oxygen atoms in total. The van der Waals surface area contributed by atoms with Crippen LogP contribution in [-0.2, 0) is 6.42 Å². The topological polar surface area (TPSA) is 41.6 Å². The molecule has 3 rings (SSSR count). The Balaban J connectivity index is 2.16. The molecule has 1 aliphatic rings. The molecule has 1 fully saturated rings. The second-order valence-corrected chi connectivity index (χ2v) is 4.42. The number of rotatable bonds is 2. The standard InChI is InChI=1S/C13H13N3/c1-9-15-12-8-10(6-7-14)2-5-13(12)16(9)11-3-4-11/h2,5,8,11H,3-4,6H2,1H3. The van der Waals surface area contributed by atoms with Gasteiger partial charge in [0.2, 0.25) is 0 Å². The van der Waals surface area contributed by atoms with Gasteiger partial charge >= 0.3 is 0 Å². The van der Waals surface area contributed by atoms with E-state index in [0.717, 1.165) is 16.9 Å². The summed E-state index contributed by atoms with van der Waals surface area (Å²) in [5.74, 6) is 1.09. The summed E-state index contributed by atoms with van der Waals surface area (Å²) in [5.41, 5.74) is 3.29. The number of aryl methyl sites for hydroxylation is 1. The van der Waals surface area contributed by atoms with Crippen molar-refractivity contribution in [1.82, 2.24) is 9.55 Å². The number of nitrogens with zero attached hydrogens (tertiary/aromatic N) is 3. The van der Waals surface area contributed by atoms with Crippen LogP contribution in [0.4, 0.5) is 0 Å². The summed E-state index contributed by atoms with van der Waals surface area (Å²) in [6.07, 6.45) is 3.00. The number of nitriles is 1. The van der Waals surface area contributed by atoms with Gasteiger partial charge in [-0.25, -0.2) is 4.98 Å². The lowest BCUT2D eigenvalue weighted by Gasteiger charge is -2.03. The van der Waals surface area contributed by atoms with Gasteiger partial charge in [0.15, 0.2) is 0 Å². The monoisotopic (exact) mass is 211 g/mol. The van der Waals surface area contributed by atoms with Gasteiger partial charge in [0.1, 0.15) is 5.82 Å². The summed E-state index contributed by atoms with van der Waals surface area (Å²) in [7, 11) is 0. The summed E-state index contributed by atoms with van der Waals surface area (Å²) >= 11 is 0. The van der Waals surface area contributed by atoms with Crippen molar-refractivity contribution in [1.29, 1.82) is 5.26 Å². The normalized spacial score (nSPS) is 15.2. The van der Waals surface area contributed by atoms with E-state index < -0.39 is 0 Å². The number of imidazole rings is 1. The Hall–Kier alpha value is -1.82. The van der Waals surface area contributed by atoms with Gasteiger partial charge in [-0.3, -0.25) is 0 Å². The largest absolute Gasteiger partial charge is 0.325 e. The van der Waals surface area contributed by atoms with Crippen molar-refractivity contribution in [2.45, 2.75) is 32.2 Å². The van der Waals surface area contributed by atoms with Crippen LogP contribution in [0.5, 0.6) is 0 Å². The lowest BCUT2D eigenvalue weighted by atomic mass is 10.1. The van der Waals surface area contributed by atoms with Gasteiger partial charge in [0.05, 0.1) is 23.5 Å². The van der Waals surface area contributed by atoms with E-state index in [1.54, 1.807) is 0 Å². The minimum Gasteiger partial charge on any atom is -0.325 e. The van der Waals surface area contributed by atoms with Crippen molar-refractivity contribution in [3.05, 3.63) is 29.6 Å². The number of aromatic nitrogens is 2. The fourth-order valence-corrected chi connectivity index (χ4v) is 2.26. The van der Waals surface area contributed by atoms with Gasteiger partial charge in [-0.2, -0.15) is 5.26 Å². The molecule has 0 spiro atoms. The summed E-state index contributed by atoms with van der Waals surface area (Å²) < 4.78 is 2.32. The van der Waals surface area contributed by atoms with Crippen LogP contribution in [0, 0.1) is 18.3 Å². The molecule has 0 saturated heterocycles. The van der Waals surface area contributed by atoms with Crippen molar-refractivity contribution < 1.29 is 0 Å². The van der Waals surface area contributed by atoms with Crippen molar-refractivity contribution >= 4 is 11.0 Å². The molecule has 0 bridgehead atoms. The molecule has 2 aromatic rings. The minimum atomic E-state index is 0.464. The Kier molecular flexibility index (Phi) is 1.97. The molecule has 0 amide bonds. The predicted octanol–water partition coefficient (Wildman–Crippen LogP) is 2.75. The van der Waals surface area contributed by atoms with Crippen molar-refractivity contribution in [2.75, 3.05) is 0 Å². The molecule has 0 radical (unpaired) electrons. The van der Waals surface area contributed by atoms with E-state index in [2.05, 4.69) is 28.6 Å². The molecule has 1 saturated carbocycles. The average Bonchev–Trinajstić information content (AvgIpc) is 3.02. The molecule has 1 aliphatic carbocycles. The molecule has 0 aliphatic heterocycles. The van der Waals surface area contributed by atoms with Crippen molar-refractivity contribution in [2.24, 2.45) is 0 Å². The minimum absolute atomic E-state index is 0.464. The molecule has 80 valence electrons. The molecule has 3 heteroatoms. The zero-order valence-electron chi connectivity index (χ0n) is 9.27. The Bertz CT molecular complexity index is 585. The lowest BCUT2D eigenvalue weighted by Crippen LogP contribution is -1.96. The Morgan fingerprint density at radius 1 is 1.50 bits per heavy atom. The highest BCUT2D eigenvalue weighted by Crippen LogP contribution is 2.38. The zero-order valence-corrected chi connectivity index (χ0v) is 9.27. The van der Waals surface area contributed by atoms with Crippen LogP contribution in [0.15, 0.2) is 18.2 Å². The Morgan fingerprint density at radius 2 is 2.31 bits per heavy atom. The Labute approximate surface area is 94.3 Å². The molecule has 1 aromatic carbocycles. The number of fused-ring (bicyclic) bond motifs is 1. The van der Waals surface area contributed by atoms with E-state index in [1.165, 1.54) is 18.4 Å². The van der Waals surface area contributed by atoms with E-state index in [9.17, 15) is 0 Å². The molecule has 1 aromatic heterocycles. The highest BCUT2D eigenvalue weighted by atomic mass is 15.1. The van der Waals surface area contributed by atoms with Crippen LogP contribution < -0.4 is 0 Å². The smallest absolute Gasteiger partial charge is 0.106 e. The molecule has 0 atom stereocenters. The fourth-order valence-electron chi connectivity index (χ4n) is 2.26. The van der Waals surface area contributed by atoms with Gasteiger partial charge in [-0.1, -0.05) is 6.07 Å². The number of hydrogen-bond donors (Lipinski definition) is 0. The summed E-state index contributed by atoms with van der Waals surface area (Å²) in [4.78, 5) is 4.57. The van der Waals surface area contributed by atoms with Crippen LogP contribution in [0.3, 0.4) is 0 Å². The molecular weight excluding hydrogens is 198 g/mol. The first-order valence-corrected chi connectivity index (χ1v) is 5.64. The van der Waals surface area contributed by atoms with Gasteiger partial charge < -0.3 is 4.57 Å². The Morgan fingerprint density at radius 3 is 3.00 bits per heavy atom. The maximum atomic E-state index is 8.67. The predicted molar refractivity (Wildman–Crippen MR) is 62.1 cm³/mol. The quantitative estimate of drug-likeness (QED) is 0.766. The third-order valence-corrected chi connectivity index (χ3v) is 3.13. The summed E-state index contributed by atoms with van der Waals surface area (Å²) in [6, 6.07) is 8.99. The summed E-state index contributed by atoms with van der Waals surface area (Å²) in [6.45, 7) is 2.06. The fraction of sp³-hybridized carbons (Fsp3) is 0.385. The summed E-state index contributed by atoms with van der Waals surface area (Å²) in [5, 5.41) is 8.67. The highest BCUT2D eigenvalue weighted by Gasteiger charge is 2.26. The molecule has 0 unspecified atom stereocenters. The third kappa shape index (κ3) is 1.38. The van der Waals surface area contributed by atoms with Crippen LogP contribution in [0.1, 0.15) is 30.3 Å². The molecule has 0 N–H and O–H groups in total. The first-order chi connectivity index (χ1) is 7.79. The van der Waals surface area contributed by atoms with E-state index in [1.807, 2.05) is 12.1 Å². The first kappa shape index (κ1) is 9.41. The average molecular weight is 211 g/mol. The molecule has 1 heterocycles. The zero-order chi connectivity index (χ0) is 11.1. The van der Waals surface area contributed by atoms with Gasteiger partial charge in [0, 0.05) is 6.04 Å². The highest BCUT2D eigenvalue weighted by molar-refractivity contribution is 5.77. The van der Waals surface area contributed by atoms with E-state index in [4.69, 9.17) is 5.26 Å². The van der Waals surface area contributed by atoms with E-state index in [-0.39, 0.29) is 0 Å². The second kappa shape index (κ2) is 3.34. The van der Waals surface area contributed by atoms with Crippen LogP contribution in [0.2, 0.25) is 0 Å². The van der Waals surface area contributed by atoms with Gasteiger partial charge in [-0.15, -0.1) is 0 Å². The van der Waals surface area contributed by atoms with E-state index >= 15 is 0 Å². The lowest BCUT2D eigenvalue weighted by molar-refractivity contribution is 0.734. The second-order valence-electron chi connectivity index (χ2n) is 4.42. The third-order valence-electron chi connectivity index (χ3n) is 3.13. The van der Waals surface area contributed by atoms with Gasteiger partial charge in [0.25, 0.3) is 0 Å². The number of benzene rings is 1. The maximum absolute atomic E-state index is 8.67. The molecule has 16 heavy (non-hydrogen) atoms. The SMILES string of the molecule is Cc1nc2cc(CC#N)ccc2n1C1CC1. The van der Waals surface area contributed by atoms with Crippen LogP contribution in [-0.4, -0.2) is 9.55 Å². The van der Waals surface area contributed by atoms with Crippen LogP contribution >= 0.6 is 0 Å². The van der Waals surface area contributed by atoms with E-state index in [0.29, 0.717) is 12.5 Å². The first-order valence-electron chi connectivity index (χ1n) is 5.64. The maximum Gasteiger partial charge on any atom is 0.106 e. The van der Waals surface area contributed by atoms with Crippen molar-refractivity contribution in [3.8, 4) is 6.07 Å².